The van der Waals surface area contributed by atoms with Crippen LogP contribution in [0.5, 0.6) is 5.75 Å². The minimum atomic E-state index is -3.36. The lowest BCUT2D eigenvalue weighted by molar-refractivity contribution is 0.0298. The summed E-state index contributed by atoms with van der Waals surface area (Å²) in [6.07, 6.45) is 1.46. The summed E-state index contributed by atoms with van der Waals surface area (Å²) >= 11 is 0. The van der Waals surface area contributed by atoms with Crippen molar-refractivity contribution < 1.29 is 17.9 Å². The fourth-order valence-corrected chi connectivity index (χ4v) is 6.19. The molecule has 8 heteroatoms. The number of nitrogens with one attached hydrogen (secondary N) is 1. The molecule has 1 N–H and O–H groups in total. The molecule has 2 aromatic carbocycles. The molecule has 0 radical (unpaired) electrons. The molecule has 0 saturated carbocycles. The number of carbonyl (C=O) groups excluding carboxylic acids is 1. The summed E-state index contributed by atoms with van der Waals surface area (Å²) in [5, 5.41) is 8.07. The van der Waals surface area contributed by atoms with Gasteiger partial charge in [0.25, 0.3) is 0 Å². The van der Waals surface area contributed by atoms with Gasteiger partial charge in [0.15, 0.2) is 9.84 Å². The Morgan fingerprint density at radius 2 is 1.91 bits per heavy atom. The number of nitrogens with zero attached hydrogens (tertiary/aromatic N) is 2. The molecule has 1 fully saturated rings. The Morgan fingerprint density at radius 1 is 1.18 bits per heavy atom. The fourth-order valence-electron chi connectivity index (χ4n) is 5.05. The average molecular weight is 466 g/mol. The first-order chi connectivity index (χ1) is 15.8. The van der Waals surface area contributed by atoms with E-state index in [1.54, 1.807) is 30.7 Å². The maximum Gasteiger partial charge on any atom is 0.213 e. The smallest absolute Gasteiger partial charge is 0.213 e. The van der Waals surface area contributed by atoms with E-state index in [2.05, 4.69) is 10.4 Å². The highest BCUT2D eigenvalue weighted by Crippen LogP contribution is 2.50. The van der Waals surface area contributed by atoms with E-state index in [1.165, 1.54) is 6.07 Å². The van der Waals surface area contributed by atoms with Crippen LogP contribution in [0.15, 0.2) is 47.4 Å². The second-order valence-corrected chi connectivity index (χ2v) is 11.0. The largest absolute Gasteiger partial charge is 0.482 e. The first-order valence-electron chi connectivity index (χ1n) is 11.2. The zero-order valence-electron chi connectivity index (χ0n) is 19.0. The first-order valence-corrected chi connectivity index (χ1v) is 12.9. The molecule has 0 atom stereocenters. The van der Waals surface area contributed by atoms with Gasteiger partial charge in [-0.1, -0.05) is 19.1 Å². The summed E-state index contributed by atoms with van der Waals surface area (Å²) in [6.45, 7) is 4.91. The molecule has 2 aliphatic rings. The van der Waals surface area contributed by atoms with Crippen LogP contribution in [-0.4, -0.2) is 42.8 Å². The third-order valence-electron chi connectivity index (χ3n) is 6.73. The summed E-state index contributed by atoms with van der Waals surface area (Å²) < 4.78 is 33.1. The van der Waals surface area contributed by atoms with Gasteiger partial charge in [-0.3, -0.25) is 9.48 Å². The number of ether oxygens (including phenoxy) is 1. The van der Waals surface area contributed by atoms with Crippen LogP contribution >= 0.6 is 0 Å². The number of hydrogen-bond acceptors (Lipinski definition) is 6. The molecule has 0 unspecified atom stereocenters. The number of fused-ring (bicyclic) bond motifs is 4. The highest BCUT2D eigenvalue weighted by atomic mass is 32.2. The minimum absolute atomic E-state index is 0.0161. The van der Waals surface area contributed by atoms with Crippen molar-refractivity contribution in [3.8, 4) is 17.0 Å². The molecular formula is C25H27N3O4S. The zero-order chi connectivity index (χ0) is 23.4. The lowest BCUT2D eigenvalue weighted by Crippen LogP contribution is -2.46. The van der Waals surface area contributed by atoms with E-state index in [0.717, 1.165) is 48.5 Å². The Labute approximate surface area is 193 Å². The summed E-state index contributed by atoms with van der Waals surface area (Å²) in [5.74, 6) is 0.595. The van der Waals surface area contributed by atoms with Gasteiger partial charge in [-0.15, -0.1) is 0 Å². The second-order valence-electron chi connectivity index (χ2n) is 8.75. The SMILES string of the molecule is CCS(=O)(=O)c1ccc(C(=O)c2nn(C)c3c2C2(CCNCC2)Oc2ccccc2-3)cc1C. The predicted octanol–water partition coefficient (Wildman–Crippen LogP) is 3.39. The number of hydrogen-bond donors (Lipinski definition) is 1. The first kappa shape index (κ1) is 21.9. The van der Waals surface area contributed by atoms with Gasteiger partial charge in [0.05, 0.1) is 21.9 Å². The Morgan fingerprint density at radius 3 is 2.61 bits per heavy atom. The highest BCUT2D eigenvalue weighted by molar-refractivity contribution is 7.91. The molecule has 3 aromatic rings. The van der Waals surface area contributed by atoms with E-state index >= 15 is 0 Å². The van der Waals surface area contributed by atoms with Gasteiger partial charge in [0, 0.05) is 31.0 Å². The fraction of sp³-hybridized carbons (Fsp3) is 0.360. The van der Waals surface area contributed by atoms with Crippen molar-refractivity contribution >= 4 is 15.6 Å². The molecule has 1 spiro atoms. The van der Waals surface area contributed by atoms with Crippen molar-refractivity contribution in [3.05, 3.63) is 64.8 Å². The number of ketones is 1. The minimum Gasteiger partial charge on any atom is -0.482 e. The molecule has 33 heavy (non-hydrogen) atoms. The van der Waals surface area contributed by atoms with E-state index in [1.807, 2.05) is 31.3 Å². The summed E-state index contributed by atoms with van der Waals surface area (Å²) in [7, 11) is -1.50. The number of aryl methyl sites for hydroxylation is 2. The molecule has 5 rings (SSSR count). The van der Waals surface area contributed by atoms with Crippen molar-refractivity contribution in [2.45, 2.75) is 37.2 Å². The van der Waals surface area contributed by atoms with E-state index in [4.69, 9.17) is 4.74 Å². The number of carbonyl (C=O) groups is 1. The monoisotopic (exact) mass is 465 g/mol. The van der Waals surface area contributed by atoms with E-state index in [9.17, 15) is 13.2 Å². The van der Waals surface area contributed by atoms with Gasteiger partial charge < -0.3 is 10.1 Å². The second kappa shape index (κ2) is 7.81. The van der Waals surface area contributed by atoms with E-state index in [-0.39, 0.29) is 16.4 Å². The molecular weight excluding hydrogens is 438 g/mol. The lowest BCUT2D eigenvalue weighted by atomic mass is 9.79. The van der Waals surface area contributed by atoms with Crippen LogP contribution in [0.4, 0.5) is 0 Å². The zero-order valence-corrected chi connectivity index (χ0v) is 19.8. The molecule has 1 saturated heterocycles. The van der Waals surface area contributed by atoms with Crippen molar-refractivity contribution in [1.29, 1.82) is 0 Å². The number of aromatic nitrogens is 2. The average Bonchev–Trinajstić information content (AvgIpc) is 3.17. The van der Waals surface area contributed by atoms with Crippen LogP contribution in [0.1, 0.15) is 46.9 Å². The van der Waals surface area contributed by atoms with Gasteiger partial charge in [0.2, 0.25) is 5.78 Å². The van der Waals surface area contributed by atoms with Crippen LogP contribution in [0.3, 0.4) is 0 Å². The van der Waals surface area contributed by atoms with Crippen LogP contribution in [0, 0.1) is 6.92 Å². The normalized spacial score (nSPS) is 16.7. The lowest BCUT2D eigenvalue weighted by Gasteiger charge is -2.42. The molecule has 0 amide bonds. The summed E-state index contributed by atoms with van der Waals surface area (Å²) in [4.78, 5) is 14.0. The highest BCUT2D eigenvalue weighted by Gasteiger charge is 2.47. The third kappa shape index (κ3) is 3.40. The van der Waals surface area contributed by atoms with E-state index < -0.39 is 15.4 Å². The third-order valence-corrected chi connectivity index (χ3v) is 8.62. The number of benzene rings is 2. The van der Waals surface area contributed by atoms with Gasteiger partial charge >= 0.3 is 0 Å². The van der Waals surface area contributed by atoms with Crippen molar-refractivity contribution in [3.63, 3.8) is 0 Å². The molecule has 3 heterocycles. The van der Waals surface area contributed by atoms with Crippen LogP contribution in [0.2, 0.25) is 0 Å². The molecule has 2 aliphatic heterocycles. The van der Waals surface area contributed by atoms with Gasteiger partial charge in [-0.25, -0.2) is 8.42 Å². The van der Waals surface area contributed by atoms with Crippen LogP contribution in [0.25, 0.3) is 11.3 Å². The van der Waals surface area contributed by atoms with Crippen molar-refractivity contribution in [2.75, 3.05) is 18.8 Å². The Kier molecular flexibility index (Phi) is 5.17. The maximum absolute atomic E-state index is 13.8. The number of piperidine rings is 1. The topological polar surface area (TPSA) is 90.3 Å². The predicted molar refractivity (Wildman–Crippen MR) is 125 cm³/mol. The standard InChI is InChI=1S/C25H27N3O4S/c1-4-33(30,31)20-10-9-17(15-16(20)2)24(29)22-21-23(28(3)27-22)18-7-5-6-8-19(18)32-25(21)11-13-26-14-12-25/h5-10,15,26H,4,11-14H2,1-3H3. The number of rotatable bonds is 4. The van der Waals surface area contributed by atoms with E-state index in [0.29, 0.717) is 16.8 Å². The molecule has 0 aliphatic carbocycles. The van der Waals surface area contributed by atoms with Crippen LogP contribution in [-0.2, 0) is 22.5 Å². The van der Waals surface area contributed by atoms with Gasteiger partial charge in [-0.2, -0.15) is 5.10 Å². The number of sulfone groups is 1. The Hall–Kier alpha value is -2.97. The molecule has 1 aromatic heterocycles. The molecule has 0 bridgehead atoms. The molecule has 172 valence electrons. The maximum atomic E-state index is 13.8. The van der Waals surface area contributed by atoms with Crippen LogP contribution < -0.4 is 10.1 Å². The van der Waals surface area contributed by atoms with Gasteiger partial charge in [-0.05, 0) is 55.9 Å². The Bertz CT molecular complexity index is 1370. The van der Waals surface area contributed by atoms with Crippen molar-refractivity contribution in [2.24, 2.45) is 7.05 Å². The quantitative estimate of drug-likeness (QED) is 0.594. The Balaban J connectivity index is 1.67. The number of para-hydroxylation sites is 1. The van der Waals surface area contributed by atoms with Crippen molar-refractivity contribution in [1.82, 2.24) is 15.1 Å². The summed E-state index contributed by atoms with van der Waals surface area (Å²) in [6, 6.07) is 12.6. The summed E-state index contributed by atoms with van der Waals surface area (Å²) in [5.41, 5.74) is 3.38. The molecule has 7 nitrogen and oxygen atoms in total. The van der Waals surface area contributed by atoms with Gasteiger partial charge in [0.1, 0.15) is 17.0 Å².